The predicted molar refractivity (Wildman–Crippen MR) is 104 cm³/mol. The first-order valence-electron chi connectivity index (χ1n) is 8.05. The fourth-order valence-electron chi connectivity index (χ4n) is 2.31. The van der Waals surface area contributed by atoms with Gasteiger partial charge < -0.3 is 15.7 Å². The Kier molecular flexibility index (Phi) is 6.17. The van der Waals surface area contributed by atoms with Crippen LogP contribution in [-0.2, 0) is 16.1 Å². The van der Waals surface area contributed by atoms with Crippen LogP contribution in [0.15, 0.2) is 60.0 Å². The van der Waals surface area contributed by atoms with Gasteiger partial charge in [0.1, 0.15) is 6.10 Å². The van der Waals surface area contributed by atoms with E-state index in [9.17, 15) is 14.7 Å². The molecule has 2 heterocycles. The first kappa shape index (κ1) is 18.3. The number of aliphatic hydroxyl groups is 1. The molecule has 2 aromatic heterocycles. The predicted octanol–water partition coefficient (Wildman–Crippen LogP) is 2.94. The van der Waals surface area contributed by atoms with E-state index in [-0.39, 0.29) is 13.1 Å². The molecule has 5 nitrogen and oxygen atoms in total. The van der Waals surface area contributed by atoms with Crippen LogP contribution in [0.5, 0.6) is 0 Å². The topological polar surface area (TPSA) is 78.4 Å². The third kappa shape index (κ3) is 4.78. The molecule has 3 N–H and O–H groups in total. The molecule has 3 rings (SSSR count). The van der Waals surface area contributed by atoms with E-state index in [0.29, 0.717) is 0 Å². The molecule has 0 aliphatic carbocycles. The Hall–Kier alpha value is -2.48. The molecule has 0 aliphatic rings. The largest absolute Gasteiger partial charge is 0.386 e. The van der Waals surface area contributed by atoms with Gasteiger partial charge in [-0.25, -0.2) is 0 Å². The lowest BCUT2D eigenvalue weighted by Gasteiger charge is -2.10. The van der Waals surface area contributed by atoms with Gasteiger partial charge in [0.05, 0.1) is 0 Å². The fourth-order valence-corrected chi connectivity index (χ4v) is 4.14. The van der Waals surface area contributed by atoms with Crippen molar-refractivity contribution in [3.8, 4) is 9.75 Å². The van der Waals surface area contributed by atoms with Gasteiger partial charge in [0.25, 0.3) is 0 Å². The molecule has 7 heteroatoms. The summed E-state index contributed by atoms with van der Waals surface area (Å²) in [5, 5.41) is 17.3. The van der Waals surface area contributed by atoms with Crippen molar-refractivity contribution in [1.29, 1.82) is 0 Å². The molecule has 0 radical (unpaired) electrons. The second-order valence-electron chi connectivity index (χ2n) is 5.57. The molecule has 0 saturated heterocycles. The second kappa shape index (κ2) is 8.75. The first-order chi connectivity index (χ1) is 12.6. The van der Waals surface area contributed by atoms with Crippen LogP contribution in [0, 0.1) is 0 Å². The lowest BCUT2D eigenvalue weighted by Crippen LogP contribution is -2.41. The SMILES string of the molecule is O=C(NCc1ccccc1)C(=O)NC[C@@H](O)c1ccc(-c2cccs2)s1. The summed E-state index contributed by atoms with van der Waals surface area (Å²) >= 11 is 3.11. The van der Waals surface area contributed by atoms with Crippen LogP contribution >= 0.6 is 22.7 Å². The van der Waals surface area contributed by atoms with Gasteiger partial charge in [0.2, 0.25) is 0 Å². The molecular weight excluding hydrogens is 368 g/mol. The summed E-state index contributed by atoms with van der Waals surface area (Å²) in [6.45, 7) is 0.271. The molecule has 1 aromatic carbocycles. The zero-order valence-corrected chi connectivity index (χ0v) is 15.5. The summed E-state index contributed by atoms with van der Waals surface area (Å²) in [6, 6.07) is 17.1. The van der Waals surface area contributed by atoms with Gasteiger partial charge in [-0.3, -0.25) is 9.59 Å². The molecule has 2 amide bonds. The smallest absolute Gasteiger partial charge is 0.309 e. The molecule has 3 aromatic rings. The molecule has 0 bridgehead atoms. The highest BCUT2D eigenvalue weighted by molar-refractivity contribution is 7.21. The van der Waals surface area contributed by atoms with Gasteiger partial charge in [-0.05, 0) is 29.1 Å². The number of carbonyl (C=O) groups excluding carboxylic acids is 2. The van der Waals surface area contributed by atoms with E-state index in [1.807, 2.05) is 60.0 Å². The van der Waals surface area contributed by atoms with Gasteiger partial charge in [0.15, 0.2) is 0 Å². The highest BCUT2D eigenvalue weighted by atomic mass is 32.1. The Morgan fingerprint density at radius 2 is 1.69 bits per heavy atom. The molecule has 0 unspecified atom stereocenters. The maximum Gasteiger partial charge on any atom is 0.309 e. The number of hydrogen-bond donors (Lipinski definition) is 3. The fraction of sp³-hybridized carbons (Fsp3) is 0.158. The van der Waals surface area contributed by atoms with E-state index >= 15 is 0 Å². The quantitative estimate of drug-likeness (QED) is 0.570. The highest BCUT2D eigenvalue weighted by Crippen LogP contribution is 2.33. The molecule has 1 atom stereocenters. The third-order valence-corrected chi connectivity index (χ3v) is 5.93. The molecule has 0 aliphatic heterocycles. The van der Waals surface area contributed by atoms with Crippen molar-refractivity contribution in [1.82, 2.24) is 10.6 Å². The van der Waals surface area contributed by atoms with Gasteiger partial charge in [-0.1, -0.05) is 36.4 Å². The summed E-state index contributed by atoms with van der Waals surface area (Å²) in [4.78, 5) is 26.6. The summed E-state index contributed by atoms with van der Waals surface area (Å²) in [7, 11) is 0. The van der Waals surface area contributed by atoms with Gasteiger partial charge >= 0.3 is 11.8 Å². The Morgan fingerprint density at radius 3 is 2.42 bits per heavy atom. The number of thiophene rings is 2. The van der Waals surface area contributed by atoms with Crippen molar-refractivity contribution < 1.29 is 14.7 Å². The molecule has 0 saturated carbocycles. The van der Waals surface area contributed by atoms with Crippen LogP contribution in [0.4, 0.5) is 0 Å². The van der Waals surface area contributed by atoms with Crippen LogP contribution in [-0.4, -0.2) is 23.5 Å². The van der Waals surface area contributed by atoms with Crippen molar-refractivity contribution in [3.05, 3.63) is 70.4 Å². The van der Waals surface area contributed by atoms with Gasteiger partial charge in [-0.15, -0.1) is 22.7 Å². The molecular formula is C19H18N2O3S2. The number of rotatable bonds is 6. The Bertz CT molecular complexity index is 860. The minimum atomic E-state index is -0.848. The second-order valence-corrected chi connectivity index (χ2v) is 7.64. The van der Waals surface area contributed by atoms with Crippen LogP contribution in [0.1, 0.15) is 16.5 Å². The summed E-state index contributed by atoms with van der Waals surface area (Å²) in [6.07, 6.45) is -0.848. The van der Waals surface area contributed by atoms with Crippen LogP contribution in [0.2, 0.25) is 0 Å². The maximum absolute atomic E-state index is 11.9. The van der Waals surface area contributed by atoms with Crippen LogP contribution in [0.3, 0.4) is 0 Å². The van der Waals surface area contributed by atoms with E-state index in [2.05, 4.69) is 10.6 Å². The van der Waals surface area contributed by atoms with Crippen molar-refractivity contribution in [2.75, 3.05) is 6.54 Å². The van der Waals surface area contributed by atoms with E-state index in [4.69, 9.17) is 0 Å². The highest BCUT2D eigenvalue weighted by Gasteiger charge is 2.17. The van der Waals surface area contributed by atoms with Crippen molar-refractivity contribution in [3.63, 3.8) is 0 Å². The van der Waals surface area contributed by atoms with Crippen molar-refractivity contribution in [2.45, 2.75) is 12.6 Å². The van der Waals surface area contributed by atoms with E-state index in [1.165, 1.54) is 11.3 Å². The summed E-state index contributed by atoms with van der Waals surface area (Å²) in [5.74, 6) is -1.47. The van der Waals surface area contributed by atoms with Crippen molar-refractivity contribution in [2.24, 2.45) is 0 Å². The third-order valence-electron chi connectivity index (χ3n) is 3.68. The standard InChI is InChI=1S/C19H18N2O3S2/c22-14(15-8-9-17(26-15)16-7-4-10-25-16)12-21-19(24)18(23)20-11-13-5-2-1-3-6-13/h1-10,14,22H,11-12H2,(H,20,23)(H,21,24)/t14-/m1/s1. The monoisotopic (exact) mass is 386 g/mol. The van der Waals surface area contributed by atoms with Crippen molar-refractivity contribution >= 4 is 34.5 Å². The number of benzene rings is 1. The minimum Gasteiger partial charge on any atom is -0.386 e. The molecule has 0 fully saturated rings. The summed E-state index contributed by atoms with van der Waals surface area (Å²) in [5.41, 5.74) is 0.911. The van der Waals surface area contributed by atoms with E-state index < -0.39 is 17.9 Å². The number of hydrogen-bond acceptors (Lipinski definition) is 5. The normalized spacial score (nSPS) is 11.7. The minimum absolute atomic E-state index is 0.0119. The first-order valence-corrected chi connectivity index (χ1v) is 9.74. The zero-order chi connectivity index (χ0) is 18.4. The van der Waals surface area contributed by atoms with Gasteiger partial charge in [0, 0.05) is 27.7 Å². The van der Waals surface area contributed by atoms with Crippen LogP contribution < -0.4 is 10.6 Å². The maximum atomic E-state index is 11.9. The lowest BCUT2D eigenvalue weighted by molar-refractivity contribution is -0.139. The Balaban J connectivity index is 1.47. The Labute approximate surface area is 159 Å². The van der Waals surface area contributed by atoms with E-state index in [1.54, 1.807) is 11.3 Å². The van der Waals surface area contributed by atoms with Gasteiger partial charge in [-0.2, -0.15) is 0 Å². The molecule has 0 spiro atoms. The van der Waals surface area contributed by atoms with Crippen LogP contribution in [0.25, 0.3) is 9.75 Å². The zero-order valence-electron chi connectivity index (χ0n) is 13.8. The molecule has 134 valence electrons. The number of nitrogens with one attached hydrogen (secondary N) is 2. The average molecular weight is 386 g/mol. The number of amides is 2. The summed E-state index contributed by atoms with van der Waals surface area (Å²) < 4.78 is 0. The number of carbonyl (C=O) groups is 2. The Morgan fingerprint density at radius 1 is 0.923 bits per heavy atom. The number of aliphatic hydroxyl groups excluding tert-OH is 1. The lowest BCUT2D eigenvalue weighted by atomic mass is 10.2. The van der Waals surface area contributed by atoms with E-state index in [0.717, 1.165) is 20.2 Å². The average Bonchev–Trinajstić information content (AvgIpc) is 3.36. The molecule has 26 heavy (non-hydrogen) atoms.